The maximum atomic E-state index is 12.8. The minimum Gasteiger partial charge on any atom is -0.375 e. The first-order valence-electron chi connectivity index (χ1n) is 8.95. The summed E-state index contributed by atoms with van der Waals surface area (Å²) in [5.41, 5.74) is 1.62. The Balaban J connectivity index is 1.78. The van der Waals surface area contributed by atoms with E-state index in [0.29, 0.717) is 30.9 Å². The van der Waals surface area contributed by atoms with Gasteiger partial charge in [0.1, 0.15) is 5.69 Å². The molecule has 1 fully saturated rings. The van der Waals surface area contributed by atoms with Crippen molar-refractivity contribution >= 4 is 17.3 Å². The highest BCUT2D eigenvalue weighted by Crippen LogP contribution is 2.27. The van der Waals surface area contributed by atoms with Crippen molar-refractivity contribution in [2.45, 2.75) is 32.6 Å². The van der Waals surface area contributed by atoms with Crippen molar-refractivity contribution in [3.05, 3.63) is 69.8 Å². The minimum atomic E-state index is -0.464. The highest BCUT2D eigenvalue weighted by molar-refractivity contribution is 5.95. The number of rotatable bonds is 5. The Hall–Kier alpha value is -2.93. The largest absolute Gasteiger partial charge is 0.375 e. The summed E-state index contributed by atoms with van der Waals surface area (Å²) in [4.78, 5) is 25.5. The van der Waals surface area contributed by atoms with Crippen molar-refractivity contribution in [1.29, 1.82) is 0 Å². The summed E-state index contributed by atoms with van der Waals surface area (Å²) in [6, 6.07) is 14.2. The Kier molecular flexibility index (Phi) is 5.71. The molecule has 27 heavy (non-hydrogen) atoms. The second-order valence-electron chi connectivity index (χ2n) is 6.80. The molecule has 0 unspecified atom stereocenters. The van der Waals surface area contributed by atoms with Gasteiger partial charge < -0.3 is 15.0 Å². The van der Waals surface area contributed by atoms with Crippen molar-refractivity contribution in [2.75, 3.05) is 18.4 Å². The van der Waals surface area contributed by atoms with Crippen molar-refractivity contribution in [3.8, 4) is 0 Å². The molecule has 0 bridgehead atoms. The number of nitrogens with zero attached hydrogens (tertiary/aromatic N) is 2. The van der Waals surface area contributed by atoms with Crippen molar-refractivity contribution in [1.82, 2.24) is 4.90 Å². The van der Waals surface area contributed by atoms with E-state index in [-0.39, 0.29) is 23.8 Å². The summed E-state index contributed by atoms with van der Waals surface area (Å²) in [5, 5.41) is 14.6. The maximum absolute atomic E-state index is 12.8. The van der Waals surface area contributed by atoms with Crippen LogP contribution in [0.25, 0.3) is 0 Å². The predicted octanol–water partition coefficient (Wildman–Crippen LogP) is 3.46. The molecule has 0 aliphatic carbocycles. The fourth-order valence-corrected chi connectivity index (χ4v) is 3.28. The third-order valence-corrected chi connectivity index (χ3v) is 4.47. The average molecular weight is 369 g/mol. The van der Waals surface area contributed by atoms with E-state index in [1.165, 1.54) is 6.07 Å². The molecule has 2 aromatic carbocycles. The first kappa shape index (κ1) is 18.8. The number of benzene rings is 2. The Bertz CT molecular complexity index is 815. The lowest BCUT2D eigenvalue weighted by atomic mass is 10.1. The second kappa shape index (κ2) is 8.18. The molecule has 1 amide bonds. The van der Waals surface area contributed by atoms with Crippen LogP contribution >= 0.6 is 0 Å². The highest BCUT2D eigenvalue weighted by Gasteiger charge is 2.28. The molecule has 0 radical (unpaired) electrons. The molecule has 0 spiro atoms. The molecule has 2 aromatic rings. The van der Waals surface area contributed by atoms with E-state index in [2.05, 4.69) is 5.32 Å². The SMILES string of the molecule is C[C@H]1CN(C(=O)c2ccc(NCc3ccccc3)c([N+](=O)[O-])c2)C[C@H](C)O1. The summed E-state index contributed by atoms with van der Waals surface area (Å²) in [5.74, 6) is -0.213. The maximum Gasteiger partial charge on any atom is 0.293 e. The Morgan fingerprint density at radius 3 is 2.48 bits per heavy atom. The Labute approximate surface area is 158 Å². The van der Waals surface area contributed by atoms with Crippen molar-refractivity contribution in [3.63, 3.8) is 0 Å². The number of ether oxygens (including phenoxy) is 1. The molecule has 1 saturated heterocycles. The summed E-state index contributed by atoms with van der Waals surface area (Å²) in [7, 11) is 0. The van der Waals surface area contributed by atoms with Crippen LogP contribution in [0.3, 0.4) is 0 Å². The molecular formula is C20H23N3O4. The molecule has 1 aliphatic heterocycles. The van der Waals surface area contributed by atoms with Crippen molar-refractivity contribution < 1.29 is 14.5 Å². The molecule has 1 heterocycles. The van der Waals surface area contributed by atoms with Gasteiger partial charge in [-0.25, -0.2) is 0 Å². The summed E-state index contributed by atoms with van der Waals surface area (Å²) >= 11 is 0. The van der Waals surface area contributed by atoms with Gasteiger partial charge in [-0.3, -0.25) is 14.9 Å². The molecule has 0 aromatic heterocycles. The molecule has 2 atom stereocenters. The number of carbonyl (C=O) groups excluding carboxylic acids is 1. The van der Waals surface area contributed by atoms with E-state index in [9.17, 15) is 14.9 Å². The van der Waals surface area contributed by atoms with Crippen LogP contribution in [-0.2, 0) is 11.3 Å². The molecule has 7 nitrogen and oxygen atoms in total. The lowest BCUT2D eigenvalue weighted by molar-refractivity contribution is -0.384. The fraction of sp³-hybridized carbons (Fsp3) is 0.350. The summed E-state index contributed by atoms with van der Waals surface area (Å²) in [6.45, 7) is 5.24. The molecule has 142 valence electrons. The van der Waals surface area contributed by atoms with Crippen LogP contribution in [0.2, 0.25) is 0 Å². The van der Waals surface area contributed by atoms with E-state index in [4.69, 9.17) is 4.74 Å². The van der Waals surface area contributed by atoms with Crippen LogP contribution < -0.4 is 5.32 Å². The number of nitro benzene ring substituents is 1. The number of anilines is 1. The van der Waals surface area contributed by atoms with E-state index in [1.807, 2.05) is 44.2 Å². The normalized spacial score (nSPS) is 19.6. The van der Waals surface area contributed by atoms with Gasteiger partial charge in [-0.05, 0) is 31.5 Å². The van der Waals surface area contributed by atoms with Crippen LogP contribution in [0.5, 0.6) is 0 Å². The molecule has 0 saturated carbocycles. The summed E-state index contributed by atoms with van der Waals surface area (Å²) in [6.07, 6.45) is -0.112. The van der Waals surface area contributed by atoms with E-state index in [0.717, 1.165) is 5.56 Å². The lowest BCUT2D eigenvalue weighted by Crippen LogP contribution is -2.48. The molecular weight excluding hydrogens is 346 g/mol. The monoisotopic (exact) mass is 369 g/mol. The van der Waals surface area contributed by atoms with Crippen molar-refractivity contribution in [2.24, 2.45) is 0 Å². The number of hydrogen-bond donors (Lipinski definition) is 1. The van der Waals surface area contributed by atoms with Crippen LogP contribution in [-0.4, -0.2) is 41.0 Å². The standard InChI is InChI=1S/C20H23N3O4/c1-14-12-22(13-15(2)27-14)20(24)17-8-9-18(19(10-17)23(25)26)21-11-16-6-4-3-5-7-16/h3-10,14-15,21H,11-13H2,1-2H3/t14-,15-/m0/s1. The third-order valence-electron chi connectivity index (χ3n) is 4.47. The zero-order chi connectivity index (χ0) is 19.4. The number of hydrogen-bond acceptors (Lipinski definition) is 5. The second-order valence-corrected chi connectivity index (χ2v) is 6.80. The number of nitrogens with one attached hydrogen (secondary N) is 1. The highest BCUT2D eigenvalue weighted by atomic mass is 16.6. The van der Waals surface area contributed by atoms with Crippen LogP contribution in [0.1, 0.15) is 29.8 Å². The first-order valence-corrected chi connectivity index (χ1v) is 8.95. The molecule has 3 rings (SSSR count). The van der Waals surface area contributed by atoms with Gasteiger partial charge >= 0.3 is 0 Å². The van der Waals surface area contributed by atoms with E-state index < -0.39 is 4.92 Å². The van der Waals surface area contributed by atoms with Gasteiger partial charge in [0.05, 0.1) is 17.1 Å². The van der Waals surface area contributed by atoms with Gasteiger partial charge in [0.25, 0.3) is 11.6 Å². The molecule has 1 N–H and O–H groups in total. The zero-order valence-corrected chi connectivity index (χ0v) is 15.4. The molecule has 7 heteroatoms. The van der Waals surface area contributed by atoms with Crippen LogP contribution in [0.15, 0.2) is 48.5 Å². The number of carbonyl (C=O) groups is 1. The Morgan fingerprint density at radius 2 is 1.85 bits per heavy atom. The van der Waals surface area contributed by atoms with E-state index >= 15 is 0 Å². The topological polar surface area (TPSA) is 84.7 Å². The minimum absolute atomic E-state index is 0.0560. The Morgan fingerprint density at radius 1 is 1.19 bits per heavy atom. The predicted molar refractivity (Wildman–Crippen MR) is 103 cm³/mol. The summed E-state index contributed by atoms with van der Waals surface area (Å²) < 4.78 is 5.65. The first-order chi connectivity index (χ1) is 12.9. The number of morpholine rings is 1. The fourth-order valence-electron chi connectivity index (χ4n) is 3.28. The quantitative estimate of drug-likeness (QED) is 0.644. The third kappa shape index (κ3) is 4.62. The molecule has 1 aliphatic rings. The smallest absolute Gasteiger partial charge is 0.293 e. The lowest BCUT2D eigenvalue weighted by Gasteiger charge is -2.35. The van der Waals surface area contributed by atoms with Crippen LogP contribution in [0.4, 0.5) is 11.4 Å². The number of nitro groups is 1. The van der Waals surface area contributed by atoms with Crippen LogP contribution in [0, 0.1) is 10.1 Å². The van der Waals surface area contributed by atoms with Gasteiger partial charge in [-0.15, -0.1) is 0 Å². The number of amides is 1. The van der Waals surface area contributed by atoms with Gasteiger partial charge in [0.2, 0.25) is 0 Å². The van der Waals surface area contributed by atoms with Gasteiger partial charge in [0, 0.05) is 31.3 Å². The van der Waals surface area contributed by atoms with Gasteiger partial charge in [-0.2, -0.15) is 0 Å². The van der Waals surface area contributed by atoms with Gasteiger partial charge in [-0.1, -0.05) is 30.3 Å². The van der Waals surface area contributed by atoms with Gasteiger partial charge in [0.15, 0.2) is 0 Å². The average Bonchev–Trinajstić information content (AvgIpc) is 2.65. The zero-order valence-electron chi connectivity index (χ0n) is 15.4. The van der Waals surface area contributed by atoms with E-state index in [1.54, 1.807) is 17.0 Å².